The van der Waals surface area contributed by atoms with Crippen LogP contribution in [-0.4, -0.2) is 19.6 Å². The number of nitrogens with zero attached hydrogens (tertiary/aromatic N) is 3. The van der Waals surface area contributed by atoms with Gasteiger partial charge in [-0.2, -0.15) is 0 Å². The topological polar surface area (TPSA) is 50.9 Å². The number of imidazole rings is 1. The van der Waals surface area contributed by atoms with Crippen LogP contribution in [0.5, 0.6) is 5.75 Å². The highest BCUT2D eigenvalue weighted by Crippen LogP contribution is 2.42. The number of rotatable bonds is 8. The van der Waals surface area contributed by atoms with Gasteiger partial charge >= 0.3 is 0 Å². The van der Waals surface area contributed by atoms with Gasteiger partial charge in [0.15, 0.2) is 0 Å². The second-order valence-corrected chi connectivity index (χ2v) is 18.7. The molecule has 0 atom stereocenters. The van der Waals surface area contributed by atoms with E-state index >= 15 is 0 Å². The Labute approximate surface area is 370 Å². The quantitative estimate of drug-likeness (QED) is 0.166. The average molecular weight is 807 g/mol. The number of hydrogen-bond donors (Lipinski definition) is 1. The van der Waals surface area contributed by atoms with Gasteiger partial charge in [0, 0.05) is 24.2 Å². The number of aromatic nitrogens is 3. The molecule has 4 heteroatoms. The van der Waals surface area contributed by atoms with Crippen molar-refractivity contribution in [2.45, 2.75) is 98.7 Å². The van der Waals surface area contributed by atoms with Crippen molar-refractivity contribution in [1.82, 2.24) is 14.5 Å². The van der Waals surface area contributed by atoms with Crippen LogP contribution in [0.3, 0.4) is 0 Å². The zero-order valence-electron chi connectivity index (χ0n) is 42.1. The normalized spacial score (nSPS) is 14.0. The van der Waals surface area contributed by atoms with E-state index in [0.29, 0.717) is 50.4 Å². The van der Waals surface area contributed by atoms with E-state index in [4.69, 9.17) is 16.8 Å². The van der Waals surface area contributed by atoms with Crippen LogP contribution in [0.15, 0.2) is 140 Å². The number of pyridine rings is 1. The molecule has 2 heterocycles. The first kappa shape index (κ1) is 35.5. The number of aryl methyl sites for hydroxylation is 1. The van der Waals surface area contributed by atoms with E-state index in [2.05, 4.69) is 90.1 Å². The molecule has 0 amide bonds. The smallest absolute Gasteiger partial charge is 0.149 e. The summed E-state index contributed by atoms with van der Waals surface area (Å²) in [5, 5.41) is 11.4. The highest BCUT2D eigenvalue weighted by molar-refractivity contribution is 5.97. The van der Waals surface area contributed by atoms with Gasteiger partial charge in [-0.05, 0) is 140 Å². The molecule has 0 saturated carbocycles. The van der Waals surface area contributed by atoms with Crippen LogP contribution >= 0.6 is 0 Å². The Balaban J connectivity index is 1.37. The van der Waals surface area contributed by atoms with Crippen LogP contribution in [0.2, 0.25) is 0 Å². The van der Waals surface area contributed by atoms with Crippen molar-refractivity contribution < 1.29 is 12.0 Å². The number of aromatic hydroxyl groups is 1. The third-order valence-electron chi connectivity index (χ3n) is 11.7. The number of phenols is 1. The molecule has 8 rings (SSSR count). The summed E-state index contributed by atoms with van der Waals surface area (Å²) in [5.74, 6) is -1.68. The van der Waals surface area contributed by atoms with Gasteiger partial charge in [0.1, 0.15) is 11.6 Å². The lowest BCUT2D eigenvalue weighted by molar-refractivity contribution is 0.477. The monoisotopic (exact) mass is 806 g/mol. The summed E-state index contributed by atoms with van der Waals surface area (Å²) >= 11 is 0. The fourth-order valence-electron chi connectivity index (χ4n) is 8.30. The van der Waals surface area contributed by atoms with E-state index in [1.165, 1.54) is 5.56 Å². The second-order valence-electron chi connectivity index (χ2n) is 18.7. The number of fused-ring (bicyclic) bond motifs is 1. The molecule has 0 saturated heterocycles. The predicted octanol–water partition coefficient (Wildman–Crippen LogP) is 15.6. The van der Waals surface area contributed by atoms with Crippen molar-refractivity contribution in [3.05, 3.63) is 167 Å². The highest BCUT2D eigenvalue weighted by Gasteiger charge is 2.24. The van der Waals surface area contributed by atoms with Crippen LogP contribution < -0.4 is 0 Å². The molecule has 0 aliphatic rings. The first-order valence-electron chi connectivity index (χ1n) is 23.6. The fraction of sp³-hybridized carbons (Fsp3) is 0.263. The fourth-order valence-corrected chi connectivity index (χ4v) is 8.30. The first-order valence-corrected chi connectivity index (χ1v) is 21.1. The van der Waals surface area contributed by atoms with Gasteiger partial charge in [-0.25, -0.2) is 4.98 Å². The number of hydrogen-bond acceptors (Lipinski definition) is 3. The molecular weight excluding hydrogens is 743 g/mol. The van der Waals surface area contributed by atoms with Gasteiger partial charge in [0.2, 0.25) is 0 Å². The lowest BCUT2D eigenvalue weighted by atomic mass is 9.83. The van der Waals surface area contributed by atoms with E-state index in [1.54, 1.807) is 58.0 Å². The summed E-state index contributed by atoms with van der Waals surface area (Å²) in [6.45, 7) is 17.9. The van der Waals surface area contributed by atoms with Crippen LogP contribution in [0.25, 0.3) is 72.7 Å². The number of phenolic OH excluding ortho intramolecular Hbond substituents is 1. The summed E-state index contributed by atoms with van der Waals surface area (Å²) < 4.78 is 47.0. The minimum atomic E-state index is -2.59. The highest BCUT2D eigenvalue weighted by atomic mass is 16.3. The number of para-hydroxylation sites is 2. The summed E-state index contributed by atoms with van der Waals surface area (Å²) in [4.78, 5) is 10.2. The Bertz CT molecular complexity index is 3080. The van der Waals surface area contributed by atoms with E-state index in [0.717, 1.165) is 39.1 Å². The maximum atomic E-state index is 11.4. The van der Waals surface area contributed by atoms with Crippen LogP contribution in [0.1, 0.15) is 116 Å². The molecule has 4 nitrogen and oxygen atoms in total. The van der Waals surface area contributed by atoms with Gasteiger partial charge in [0.05, 0.1) is 28.0 Å². The molecular formula is C57H59N3O. The molecule has 0 aliphatic heterocycles. The summed E-state index contributed by atoms with van der Waals surface area (Å²) in [5.41, 5.74) is 12.8. The van der Waals surface area contributed by atoms with Crippen molar-refractivity contribution in [3.8, 4) is 67.5 Å². The molecule has 308 valence electrons. The minimum absolute atomic E-state index is 0.00704. The van der Waals surface area contributed by atoms with Gasteiger partial charge in [0.25, 0.3) is 0 Å². The minimum Gasteiger partial charge on any atom is -0.507 e. The third kappa shape index (κ3) is 8.04. The van der Waals surface area contributed by atoms with Crippen molar-refractivity contribution in [1.29, 1.82) is 0 Å². The van der Waals surface area contributed by atoms with E-state index in [-0.39, 0.29) is 22.1 Å². The lowest BCUT2D eigenvalue weighted by Crippen LogP contribution is -2.11. The molecule has 0 radical (unpaired) electrons. The Morgan fingerprint density at radius 1 is 0.590 bits per heavy atom. The van der Waals surface area contributed by atoms with Gasteiger partial charge in [-0.3, -0.25) is 9.55 Å². The SMILES string of the molecule is [2H]C([2H])([2H])c1cc(-c2c(C([2H])(C)C)cccc2C([2H])(C)C)ccc1-n1c(-c2ccccc2O)nc2c(-c3cc(-c4cc(-c5ccc(C(C)(C)C)cc5)ccn4)cc(C(C)(C)C)c3)cccc21. The Morgan fingerprint density at radius 3 is 1.89 bits per heavy atom. The second kappa shape index (κ2) is 16.0. The maximum absolute atomic E-state index is 11.4. The molecule has 1 N–H and O–H groups in total. The standard InChI is InChI=1S/C57H59N3O/c1-35(2)45-17-14-18-46(36(3)4)53(45)40-24-27-50(37(5)30-40)60-51-20-15-19-47(54(51)59-55(60)48-16-12-13-21-52(48)61)41-31-42(33-44(32-41)57(9,10)11)49-34-39(28-29-58-49)38-22-25-43(26-23-38)56(6,7)8/h12-36,61H,1-11H3/i5D3,35D,36D. The molecule has 61 heavy (non-hydrogen) atoms. The molecule has 2 aromatic heterocycles. The van der Waals surface area contributed by atoms with E-state index in [1.807, 2.05) is 65.4 Å². The molecule has 0 fully saturated rings. The Morgan fingerprint density at radius 2 is 1.23 bits per heavy atom. The maximum Gasteiger partial charge on any atom is 0.149 e. The molecule has 0 bridgehead atoms. The van der Waals surface area contributed by atoms with E-state index < -0.39 is 18.6 Å². The van der Waals surface area contributed by atoms with Crippen LogP contribution in [0, 0.1) is 6.85 Å². The Kier molecular flexibility index (Phi) is 9.29. The third-order valence-corrected chi connectivity index (χ3v) is 11.7. The van der Waals surface area contributed by atoms with Gasteiger partial charge < -0.3 is 5.11 Å². The number of benzene rings is 6. The summed E-state index contributed by atoms with van der Waals surface area (Å²) in [6.07, 6.45) is 1.86. The Hall–Kier alpha value is -6.26. The van der Waals surface area contributed by atoms with Crippen LogP contribution in [0.4, 0.5) is 0 Å². The van der Waals surface area contributed by atoms with Crippen molar-refractivity contribution in [3.63, 3.8) is 0 Å². The van der Waals surface area contributed by atoms with Crippen molar-refractivity contribution in [2.24, 2.45) is 0 Å². The molecule has 6 aromatic carbocycles. The largest absolute Gasteiger partial charge is 0.507 e. The summed E-state index contributed by atoms with van der Waals surface area (Å²) in [6, 6.07) is 43.4. The average Bonchev–Trinajstić information content (AvgIpc) is 3.64. The summed E-state index contributed by atoms with van der Waals surface area (Å²) in [7, 11) is 0. The molecule has 0 unspecified atom stereocenters. The zero-order valence-corrected chi connectivity index (χ0v) is 37.1. The lowest BCUT2D eigenvalue weighted by Gasteiger charge is -2.22. The van der Waals surface area contributed by atoms with Crippen molar-refractivity contribution >= 4 is 11.0 Å². The molecule has 0 spiro atoms. The van der Waals surface area contributed by atoms with Gasteiger partial charge in [-0.15, -0.1) is 0 Å². The van der Waals surface area contributed by atoms with E-state index in [9.17, 15) is 5.11 Å². The molecule has 8 aromatic rings. The zero-order chi connectivity index (χ0) is 47.7. The van der Waals surface area contributed by atoms with Crippen LogP contribution in [-0.2, 0) is 10.8 Å². The van der Waals surface area contributed by atoms with Crippen molar-refractivity contribution in [2.75, 3.05) is 0 Å². The predicted molar refractivity (Wildman–Crippen MR) is 258 cm³/mol. The first-order chi connectivity index (χ1) is 30.8. The molecule has 0 aliphatic carbocycles. The van der Waals surface area contributed by atoms with Gasteiger partial charge in [-0.1, -0.05) is 148 Å².